The standard InChI is InChI=1S/C33H52F3N5O6/c1-18(2)21-16-23(28(44)38-22(14-15-33(34,35)36)26(43)29(45)37-6)41(17-21)30(46)27(32(3,4)5)40-31(47)39-24(25(42)20-12-13-20)19-10-8-7-9-11-19/h18-24,27H,7-17H2,1-6H3,(H,37,45)(H,38,44)(H2,39,40,47)/t21-,22?,23+,24+,27-/m1/s1. The first-order chi connectivity index (χ1) is 21.8. The molecular formula is C33H52F3N5O6. The molecule has 0 bridgehead atoms. The van der Waals surface area contributed by atoms with Crippen LogP contribution in [0.1, 0.15) is 98.8 Å². The Morgan fingerprint density at radius 1 is 0.851 bits per heavy atom. The summed E-state index contributed by atoms with van der Waals surface area (Å²) in [6.07, 6.45) is -0.392. The highest BCUT2D eigenvalue weighted by atomic mass is 19.4. The number of ketones is 2. The molecule has 1 heterocycles. The van der Waals surface area contributed by atoms with Gasteiger partial charge in [-0.05, 0) is 61.7 Å². The number of nitrogens with one attached hydrogen (secondary N) is 4. The molecular weight excluding hydrogens is 619 g/mol. The lowest BCUT2D eigenvalue weighted by molar-refractivity contribution is -0.147. The van der Waals surface area contributed by atoms with Crippen LogP contribution in [-0.4, -0.2) is 84.2 Å². The molecule has 2 aliphatic carbocycles. The van der Waals surface area contributed by atoms with Crippen LogP contribution in [0.4, 0.5) is 18.0 Å². The van der Waals surface area contributed by atoms with Crippen molar-refractivity contribution >= 4 is 35.3 Å². The van der Waals surface area contributed by atoms with Gasteiger partial charge >= 0.3 is 12.2 Å². The maximum atomic E-state index is 14.2. The zero-order valence-electron chi connectivity index (χ0n) is 28.4. The van der Waals surface area contributed by atoms with Gasteiger partial charge in [0.1, 0.15) is 12.1 Å². The van der Waals surface area contributed by atoms with Gasteiger partial charge in [0, 0.05) is 25.9 Å². The molecule has 0 aromatic heterocycles. The minimum absolute atomic E-state index is 0.0210. The van der Waals surface area contributed by atoms with Crippen LogP contribution in [0.25, 0.3) is 0 Å². The first-order valence-corrected chi connectivity index (χ1v) is 16.9. The van der Waals surface area contributed by atoms with E-state index in [0.29, 0.717) is 0 Å². The van der Waals surface area contributed by atoms with E-state index in [1.165, 1.54) is 4.90 Å². The van der Waals surface area contributed by atoms with Crippen molar-refractivity contribution in [1.29, 1.82) is 0 Å². The van der Waals surface area contributed by atoms with Crippen molar-refractivity contribution in [2.45, 2.75) is 129 Å². The highest BCUT2D eigenvalue weighted by Gasteiger charge is 2.47. The molecule has 1 saturated heterocycles. The molecule has 3 fully saturated rings. The Balaban J connectivity index is 1.83. The molecule has 4 N–H and O–H groups in total. The summed E-state index contributed by atoms with van der Waals surface area (Å²) in [6.45, 7) is 9.25. The minimum Gasteiger partial charge on any atom is -0.353 e. The number of carbonyl (C=O) groups is 6. The number of urea groups is 1. The number of Topliss-reactive ketones (excluding diaryl/α,β-unsaturated/α-hetero) is 2. The van der Waals surface area contributed by atoms with Crippen LogP contribution in [0.2, 0.25) is 0 Å². The van der Waals surface area contributed by atoms with Crippen molar-refractivity contribution in [3.05, 3.63) is 0 Å². The van der Waals surface area contributed by atoms with Crippen molar-refractivity contribution < 1.29 is 41.9 Å². The van der Waals surface area contributed by atoms with E-state index in [1.54, 1.807) is 20.8 Å². The van der Waals surface area contributed by atoms with Crippen molar-refractivity contribution in [3.8, 4) is 0 Å². The van der Waals surface area contributed by atoms with E-state index in [4.69, 9.17) is 0 Å². The Morgan fingerprint density at radius 2 is 1.47 bits per heavy atom. The minimum atomic E-state index is -4.63. The molecule has 266 valence electrons. The Morgan fingerprint density at radius 3 is 1.98 bits per heavy atom. The number of carbonyl (C=O) groups excluding carboxylic acids is 6. The van der Waals surface area contributed by atoms with Gasteiger partial charge in [0.2, 0.25) is 17.6 Å². The summed E-state index contributed by atoms with van der Waals surface area (Å²) < 4.78 is 39.1. The van der Waals surface area contributed by atoms with Gasteiger partial charge in [-0.2, -0.15) is 13.2 Å². The molecule has 0 aromatic carbocycles. The summed E-state index contributed by atoms with van der Waals surface area (Å²) in [4.78, 5) is 80.5. The molecule has 0 aromatic rings. The fourth-order valence-corrected chi connectivity index (χ4v) is 6.61. The molecule has 11 nitrogen and oxygen atoms in total. The lowest BCUT2D eigenvalue weighted by Crippen LogP contribution is -2.61. The summed E-state index contributed by atoms with van der Waals surface area (Å²) in [5, 5.41) is 10.1. The van der Waals surface area contributed by atoms with Crippen LogP contribution in [0.15, 0.2) is 0 Å². The van der Waals surface area contributed by atoms with Gasteiger partial charge in [0.25, 0.3) is 5.91 Å². The molecule has 3 rings (SSSR count). The second-order valence-corrected chi connectivity index (χ2v) is 14.9. The predicted molar refractivity (Wildman–Crippen MR) is 168 cm³/mol. The summed E-state index contributed by atoms with van der Waals surface area (Å²) in [5.74, 6) is -3.93. The highest BCUT2D eigenvalue weighted by molar-refractivity contribution is 6.38. The Labute approximate surface area is 275 Å². The Kier molecular flexibility index (Phi) is 12.9. The summed E-state index contributed by atoms with van der Waals surface area (Å²) in [6, 6.07) is -5.34. The average Bonchev–Trinajstić information content (AvgIpc) is 3.75. The van der Waals surface area contributed by atoms with E-state index in [1.807, 2.05) is 13.8 Å². The van der Waals surface area contributed by atoms with Gasteiger partial charge in [0.05, 0.1) is 12.1 Å². The number of halogens is 3. The fourth-order valence-electron chi connectivity index (χ4n) is 6.61. The van der Waals surface area contributed by atoms with Crippen LogP contribution in [-0.2, 0) is 24.0 Å². The number of likely N-dealkylation sites (N-methyl/N-ethyl adjacent to an activating group) is 1. The van der Waals surface area contributed by atoms with Gasteiger partial charge in [-0.3, -0.25) is 24.0 Å². The third kappa shape index (κ3) is 10.7. The smallest absolute Gasteiger partial charge is 0.353 e. The van der Waals surface area contributed by atoms with E-state index in [9.17, 15) is 41.9 Å². The highest BCUT2D eigenvalue weighted by Crippen LogP contribution is 2.36. The molecule has 3 aliphatic rings. The van der Waals surface area contributed by atoms with Crippen molar-refractivity contribution in [1.82, 2.24) is 26.2 Å². The van der Waals surface area contributed by atoms with E-state index in [0.717, 1.165) is 52.0 Å². The summed E-state index contributed by atoms with van der Waals surface area (Å²) in [7, 11) is 1.16. The van der Waals surface area contributed by atoms with Gasteiger partial charge in [-0.25, -0.2) is 4.79 Å². The molecule has 5 amide bonds. The van der Waals surface area contributed by atoms with Crippen LogP contribution in [0.5, 0.6) is 0 Å². The Hall–Kier alpha value is -3.19. The van der Waals surface area contributed by atoms with Crippen LogP contribution < -0.4 is 21.3 Å². The topological polar surface area (TPSA) is 154 Å². The number of hydrogen-bond acceptors (Lipinski definition) is 6. The first kappa shape index (κ1) is 38.3. The monoisotopic (exact) mass is 671 g/mol. The number of alkyl halides is 3. The van der Waals surface area contributed by atoms with Gasteiger partial charge in [0.15, 0.2) is 5.78 Å². The number of nitrogens with zero attached hydrogens (tertiary/aromatic N) is 1. The molecule has 5 atom stereocenters. The summed E-state index contributed by atoms with van der Waals surface area (Å²) >= 11 is 0. The van der Waals surface area contributed by atoms with E-state index >= 15 is 0 Å². The van der Waals surface area contributed by atoms with E-state index < -0.39 is 78.1 Å². The average molecular weight is 672 g/mol. The first-order valence-electron chi connectivity index (χ1n) is 16.9. The van der Waals surface area contributed by atoms with Gasteiger partial charge in [-0.15, -0.1) is 0 Å². The second-order valence-electron chi connectivity index (χ2n) is 14.9. The van der Waals surface area contributed by atoms with E-state index in [2.05, 4.69) is 21.3 Å². The normalized spacial score (nSPS) is 22.6. The molecule has 47 heavy (non-hydrogen) atoms. The largest absolute Gasteiger partial charge is 0.389 e. The number of amides is 5. The lowest BCUT2D eigenvalue weighted by atomic mass is 9.81. The molecule has 2 saturated carbocycles. The molecule has 1 unspecified atom stereocenters. The van der Waals surface area contributed by atoms with Crippen molar-refractivity contribution in [3.63, 3.8) is 0 Å². The van der Waals surface area contributed by atoms with Crippen LogP contribution in [0.3, 0.4) is 0 Å². The fraction of sp³-hybridized carbons (Fsp3) is 0.818. The number of hydrogen-bond donors (Lipinski definition) is 4. The molecule has 1 aliphatic heterocycles. The third-order valence-corrected chi connectivity index (χ3v) is 9.74. The van der Waals surface area contributed by atoms with Crippen LogP contribution >= 0.6 is 0 Å². The second kappa shape index (κ2) is 15.8. The molecule has 0 radical (unpaired) electrons. The number of rotatable bonds is 13. The maximum absolute atomic E-state index is 14.2. The maximum Gasteiger partial charge on any atom is 0.389 e. The zero-order valence-corrected chi connectivity index (χ0v) is 28.4. The Bertz CT molecular complexity index is 1180. The quantitative estimate of drug-likeness (QED) is 0.219. The van der Waals surface area contributed by atoms with Crippen molar-refractivity contribution in [2.24, 2.45) is 29.1 Å². The number of likely N-dealkylation sites (tertiary alicyclic amines) is 1. The third-order valence-electron chi connectivity index (χ3n) is 9.74. The predicted octanol–water partition coefficient (Wildman–Crippen LogP) is 3.64. The van der Waals surface area contributed by atoms with Gasteiger partial charge in [-0.1, -0.05) is 53.9 Å². The van der Waals surface area contributed by atoms with Crippen molar-refractivity contribution in [2.75, 3.05) is 13.6 Å². The van der Waals surface area contributed by atoms with Crippen LogP contribution in [0, 0.1) is 29.1 Å². The lowest BCUT2D eigenvalue weighted by Gasteiger charge is -2.36. The summed E-state index contributed by atoms with van der Waals surface area (Å²) in [5.41, 5.74) is -0.837. The zero-order chi connectivity index (χ0) is 35.3. The SMILES string of the molecule is CNC(=O)C(=O)C(CCC(F)(F)F)NC(=O)[C@@H]1C[C@@H](C(C)C)CN1C(=O)[C@@H](NC(=O)N[C@H](C(=O)C1CC1)C1CCCCC1)C(C)(C)C. The molecule has 0 spiro atoms. The van der Waals surface area contributed by atoms with E-state index in [-0.39, 0.29) is 42.4 Å². The molecule has 14 heteroatoms. The van der Waals surface area contributed by atoms with Gasteiger partial charge < -0.3 is 26.2 Å².